The number of carboxylic acids is 1. The van der Waals surface area contributed by atoms with Crippen molar-refractivity contribution in [3.8, 4) is 5.75 Å². The normalized spacial score (nSPS) is 16.3. The fourth-order valence-corrected chi connectivity index (χ4v) is 1.73. The van der Waals surface area contributed by atoms with Crippen molar-refractivity contribution in [2.45, 2.75) is 13.8 Å². The molecule has 0 atom stereocenters. The van der Waals surface area contributed by atoms with Gasteiger partial charge in [-0.3, -0.25) is 0 Å². The Balaban J connectivity index is 2.54. The van der Waals surface area contributed by atoms with Crippen molar-refractivity contribution in [1.29, 1.82) is 0 Å². The van der Waals surface area contributed by atoms with Crippen LogP contribution in [0.2, 0.25) is 0 Å². The maximum Gasteiger partial charge on any atom is 0.328 e. The number of hydrogen-bond donors (Lipinski definition) is 1. The number of ether oxygens (including phenoxy) is 1. The van der Waals surface area contributed by atoms with Crippen LogP contribution in [0.25, 0.3) is 5.57 Å². The van der Waals surface area contributed by atoms with E-state index in [4.69, 9.17) is 9.84 Å². The highest BCUT2D eigenvalue weighted by Crippen LogP contribution is 2.37. The molecule has 0 fully saturated rings. The second kappa shape index (κ2) is 3.42. The molecule has 0 amide bonds. The van der Waals surface area contributed by atoms with E-state index in [-0.39, 0.29) is 0 Å². The summed E-state index contributed by atoms with van der Waals surface area (Å²) < 4.78 is 5.49. The van der Waals surface area contributed by atoms with Crippen LogP contribution < -0.4 is 4.74 Å². The Morgan fingerprint density at radius 3 is 2.87 bits per heavy atom. The summed E-state index contributed by atoms with van der Waals surface area (Å²) in [5.41, 5.74) is 3.88. The second-order valence-electron chi connectivity index (χ2n) is 3.68. The van der Waals surface area contributed by atoms with E-state index in [0.29, 0.717) is 6.61 Å². The molecule has 3 heteroatoms. The van der Waals surface area contributed by atoms with Crippen molar-refractivity contribution >= 4 is 11.5 Å². The van der Waals surface area contributed by atoms with Gasteiger partial charge in [-0.25, -0.2) is 4.79 Å². The molecule has 1 aromatic carbocycles. The van der Waals surface area contributed by atoms with E-state index in [1.165, 1.54) is 6.08 Å². The maximum absolute atomic E-state index is 10.6. The van der Waals surface area contributed by atoms with Gasteiger partial charge < -0.3 is 9.84 Å². The zero-order chi connectivity index (χ0) is 11.0. The molecule has 78 valence electrons. The van der Waals surface area contributed by atoms with Gasteiger partial charge in [0, 0.05) is 17.2 Å². The molecule has 1 N–H and O–H groups in total. The lowest BCUT2D eigenvalue weighted by Crippen LogP contribution is -1.93. The van der Waals surface area contributed by atoms with E-state index in [2.05, 4.69) is 0 Å². The Kier molecular flexibility index (Phi) is 2.23. The summed E-state index contributed by atoms with van der Waals surface area (Å²) in [4.78, 5) is 10.6. The lowest BCUT2D eigenvalue weighted by molar-refractivity contribution is -0.131. The van der Waals surface area contributed by atoms with Gasteiger partial charge >= 0.3 is 5.97 Å². The smallest absolute Gasteiger partial charge is 0.328 e. The average molecular weight is 204 g/mol. The van der Waals surface area contributed by atoms with E-state index in [9.17, 15) is 4.79 Å². The predicted octanol–water partition coefficient (Wildman–Crippen LogP) is 2.16. The number of fused-ring (bicyclic) bond motifs is 1. The monoisotopic (exact) mass is 204 g/mol. The molecule has 0 bridgehead atoms. The molecule has 0 saturated heterocycles. The Labute approximate surface area is 88.0 Å². The van der Waals surface area contributed by atoms with Crippen molar-refractivity contribution in [1.82, 2.24) is 0 Å². The molecular weight excluding hydrogens is 192 g/mol. The fraction of sp³-hybridized carbons (Fsp3) is 0.250. The van der Waals surface area contributed by atoms with Gasteiger partial charge in [0.25, 0.3) is 0 Å². The minimum absolute atomic E-state index is 0.353. The Hall–Kier alpha value is -1.77. The third-order valence-corrected chi connectivity index (χ3v) is 2.69. The molecule has 0 aromatic heterocycles. The van der Waals surface area contributed by atoms with E-state index >= 15 is 0 Å². The first-order valence-electron chi connectivity index (χ1n) is 4.76. The van der Waals surface area contributed by atoms with Gasteiger partial charge in [-0.05, 0) is 25.0 Å². The molecule has 1 heterocycles. The summed E-state index contributed by atoms with van der Waals surface area (Å²) in [6.45, 7) is 4.35. The third kappa shape index (κ3) is 1.61. The van der Waals surface area contributed by atoms with Crippen LogP contribution in [0.15, 0.2) is 18.2 Å². The van der Waals surface area contributed by atoms with E-state index in [1.807, 2.05) is 26.0 Å². The van der Waals surface area contributed by atoms with E-state index in [0.717, 1.165) is 28.0 Å². The van der Waals surface area contributed by atoms with Crippen LogP contribution >= 0.6 is 0 Å². The quantitative estimate of drug-likeness (QED) is 0.713. The van der Waals surface area contributed by atoms with Crippen LogP contribution in [-0.2, 0) is 4.79 Å². The number of hydrogen-bond acceptors (Lipinski definition) is 2. The van der Waals surface area contributed by atoms with Crippen molar-refractivity contribution in [3.05, 3.63) is 34.9 Å². The van der Waals surface area contributed by atoms with Crippen LogP contribution in [0.3, 0.4) is 0 Å². The fourth-order valence-electron chi connectivity index (χ4n) is 1.73. The molecule has 15 heavy (non-hydrogen) atoms. The van der Waals surface area contributed by atoms with Gasteiger partial charge in [-0.15, -0.1) is 0 Å². The van der Waals surface area contributed by atoms with Crippen LogP contribution in [0, 0.1) is 13.8 Å². The second-order valence-corrected chi connectivity index (χ2v) is 3.68. The molecule has 0 radical (unpaired) electrons. The predicted molar refractivity (Wildman–Crippen MR) is 57.0 cm³/mol. The molecular formula is C12H12O3. The van der Waals surface area contributed by atoms with Crippen LogP contribution in [-0.4, -0.2) is 17.7 Å². The number of carbonyl (C=O) groups is 1. The zero-order valence-corrected chi connectivity index (χ0v) is 8.70. The number of benzene rings is 1. The first-order chi connectivity index (χ1) is 7.09. The lowest BCUT2D eigenvalue weighted by atomic mass is 10.0. The van der Waals surface area contributed by atoms with Crippen LogP contribution in [0.1, 0.15) is 16.7 Å². The van der Waals surface area contributed by atoms with E-state index < -0.39 is 5.97 Å². The molecule has 0 aliphatic carbocycles. The van der Waals surface area contributed by atoms with Crippen molar-refractivity contribution in [3.63, 3.8) is 0 Å². The van der Waals surface area contributed by atoms with Gasteiger partial charge in [-0.1, -0.05) is 12.1 Å². The van der Waals surface area contributed by atoms with Crippen molar-refractivity contribution in [2.24, 2.45) is 0 Å². The maximum atomic E-state index is 10.6. The lowest BCUT2D eigenvalue weighted by Gasteiger charge is -2.05. The van der Waals surface area contributed by atoms with Crippen LogP contribution in [0.4, 0.5) is 0 Å². The van der Waals surface area contributed by atoms with Gasteiger partial charge in [0.15, 0.2) is 0 Å². The Bertz CT molecular complexity index is 458. The molecule has 1 aliphatic heterocycles. The number of rotatable bonds is 1. The van der Waals surface area contributed by atoms with Crippen LogP contribution in [0.5, 0.6) is 5.75 Å². The number of aryl methyl sites for hydroxylation is 1. The first-order valence-corrected chi connectivity index (χ1v) is 4.76. The SMILES string of the molecule is Cc1ccc2c(c1C)OCC2=CC(=O)O. The summed E-state index contributed by atoms with van der Waals surface area (Å²) in [6.07, 6.45) is 1.21. The molecule has 0 saturated carbocycles. The van der Waals surface area contributed by atoms with Gasteiger partial charge in [0.1, 0.15) is 12.4 Å². The zero-order valence-electron chi connectivity index (χ0n) is 8.70. The van der Waals surface area contributed by atoms with Gasteiger partial charge in [0.2, 0.25) is 0 Å². The van der Waals surface area contributed by atoms with Gasteiger partial charge in [0.05, 0.1) is 0 Å². The molecule has 1 aliphatic rings. The van der Waals surface area contributed by atoms with Crippen molar-refractivity contribution in [2.75, 3.05) is 6.61 Å². The average Bonchev–Trinajstić information content (AvgIpc) is 2.55. The minimum atomic E-state index is -0.931. The summed E-state index contributed by atoms with van der Waals surface area (Å²) in [6, 6.07) is 3.90. The Morgan fingerprint density at radius 1 is 1.47 bits per heavy atom. The highest BCUT2D eigenvalue weighted by Gasteiger charge is 2.20. The first kappa shape index (κ1) is 9.77. The molecule has 3 nitrogen and oxygen atoms in total. The highest BCUT2D eigenvalue weighted by atomic mass is 16.5. The summed E-state index contributed by atoms with van der Waals surface area (Å²) in [5.74, 6) is -0.109. The largest absolute Gasteiger partial charge is 0.488 e. The standard InChI is InChI=1S/C12H12O3/c1-7-3-4-10-9(5-11(13)14)6-15-12(10)8(7)2/h3-5H,6H2,1-2H3,(H,13,14). The molecule has 0 spiro atoms. The molecule has 0 unspecified atom stereocenters. The molecule has 1 aromatic rings. The highest BCUT2D eigenvalue weighted by molar-refractivity contribution is 5.92. The van der Waals surface area contributed by atoms with Gasteiger partial charge in [-0.2, -0.15) is 0 Å². The summed E-state index contributed by atoms with van der Waals surface area (Å²) in [5, 5.41) is 8.69. The molecule has 2 rings (SSSR count). The topological polar surface area (TPSA) is 46.5 Å². The minimum Gasteiger partial charge on any atom is -0.488 e. The summed E-state index contributed by atoms with van der Waals surface area (Å²) in [7, 11) is 0. The number of carboxylic acid groups (broad SMARTS) is 1. The van der Waals surface area contributed by atoms with Crippen molar-refractivity contribution < 1.29 is 14.6 Å². The Morgan fingerprint density at radius 2 is 2.20 bits per heavy atom. The third-order valence-electron chi connectivity index (χ3n) is 2.69. The summed E-state index contributed by atoms with van der Waals surface area (Å²) >= 11 is 0. The number of aliphatic carboxylic acids is 1. The van der Waals surface area contributed by atoms with E-state index in [1.54, 1.807) is 0 Å².